The van der Waals surface area contributed by atoms with Gasteiger partial charge in [-0.15, -0.1) is 0 Å². The van der Waals surface area contributed by atoms with Gasteiger partial charge in [0.2, 0.25) is 5.91 Å². The molecule has 0 bridgehead atoms. The molecule has 1 unspecified atom stereocenters. The van der Waals surface area contributed by atoms with Gasteiger partial charge in [0.25, 0.3) is 0 Å². The molecule has 1 atom stereocenters. The van der Waals surface area contributed by atoms with E-state index in [9.17, 15) is 14.0 Å². The smallest absolute Gasteiger partial charge is 0.303 e. The zero-order chi connectivity index (χ0) is 14.4. The SMILES string of the molecule is CC(=O)NC(CCC(=O)O)Cc1ccc(Br)c(F)c1. The number of amides is 1. The number of halogens is 2. The molecule has 1 amide bonds. The Labute approximate surface area is 119 Å². The maximum atomic E-state index is 13.4. The van der Waals surface area contributed by atoms with Crippen molar-refractivity contribution in [2.45, 2.75) is 32.2 Å². The van der Waals surface area contributed by atoms with Crippen LogP contribution in [0.5, 0.6) is 0 Å². The molecule has 19 heavy (non-hydrogen) atoms. The van der Waals surface area contributed by atoms with Gasteiger partial charge in [-0.2, -0.15) is 0 Å². The molecule has 0 fully saturated rings. The van der Waals surface area contributed by atoms with Crippen molar-refractivity contribution in [3.05, 3.63) is 34.1 Å². The van der Waals surface area contributed by atoms with Gasteiger partial charge in [0.1, 0.15) is 5.82 Å². The molecule has 0 aliphatic heterocycles. The lowest BCUT2D eigenvalue weighted by Crippen LogP contribution is -2.35. The summed E-state index contributed by atoms with van der Waals surface area (Å²) < 4.78 is 13.8. The summed E-state index contributed by atoms with van der Waals surface area (Å²) in [4.78, 5) is 21.6. The van der Waals surface area contributed by atoms with Gasteiger partial charge in [0.05, 0.1) is 4.47 Å². The molecule has 0 saturated heterocycles. The number of hydrogen-bond donors (Lipinski definition) is 2. The van der Waals surface area contributed by atoms with Crippen molar-refractivity contribution in [1.82, 2.24) is 5.32 Å². The van der Waals surface area contributed by atoms with Gasteiger partial charge >= 0.3 is 5.97 Å². The molecule has 0 aliphatic rings. The number of rotatable bonds is 6. The van der Waals surface area contributed by atoms with E-state index >= 15 is 0 Å². The normalized spacial score (nSPS) is 11.9. The Morgan fingerprint density at radius 3 is 2.68 bits per heavy atom. The summed E-state index contributed by atoms with van der Waals surface area (Å²) in [6.07, 6.45) is 0.674. The molecule has 2 N–H and O–H groups in total. The van der Waals surface area contributed by atoms with Gasteiger partial charge in [-0.05, 0) is 46.5 Å². The quantitative estimate of drug-likeness (QED) is 0.841. The summed E-state index contributed by atoms with van der Waals surface area (Å²) in [5, 5.41) is 11.3. The minimum Gasteiger partial charge on any atom is -0.481 e. The summed E-state index contributed by atoms with van der Waals surface area (Å²) in [6, 6.07) is 4.39. The molecule has 0 aromatic heterocycles. The predicted octanol–water partition coefficient (Wildman–Crippen LogP) is 2.50. The molecular formula is C13H15BrFNO3. The van der Waals surface area contributed by atoms with Crippen LogP contribution in [0.4, 0.5) is 4.39 Å². The summed E-state index contributed by atoms with van der Waals surface area (Å²) in [5.41, 5.74) is 0.713. The van der Waals surface area contributed by atoms with E-state index in [0.29, 0.717) is 22.9 Å². The zero-order valence-electron chi connectivity index (χ0n) is 10.5. The molecule has 0 radical (unpaired) electrons. The molecule has 0 heterocycles. The highest BCUT2D eigenvalue weighted by atomic mass is 79.9. The van der Waals surface area contributed by atoms with Crippen molar-refractivity contribution in [2.75, 3.05) is 0 Å². The summed E-state index contributed by atoms with van der Waals surface area (Å²) >= 11 is 3.06. The average molecular weight is 332 g/mol. The van der Waals surface area contributed by atoms with E-state index in [2.05, 4.69) is 21.2 Å². The molecule has 6 heteroatoms. The summed E-state index contributed by atoms with van der Waals surface area (Å²) in [5.74, 6) is -1.53. The lowest BCUT2D eigenvalue weighted by Gasteiger charge is -2.17. The Bertz CT molecular complexity index is 479. The molecule has 1 aromatic carbocycles. The van der Waals surface area contributed by atoms with Gasteiger partial charge in [0.15, 0.2) is 0 Å². The van der Waals surface area contributed by atoms with Crippen molar-refractivity contribution < 1.29 is 19.1 Å². The van der Waals surface area contributed by atoms with Gasteiger partial charge in [-0.1, -0.05) is 6.07 Å². The van der Waals surface area contributed by atoms with Crippen molar-refractivity contribution in [2.24, 2.45) is 0 Å². The van der Waals surface area contributed by atoms with Crippen LogP contribution >= 0.6 is 15.9 Å². The van der Waals surface area contributed by atoms with Crippen LogP contribution in [0.2, 0.25) is 0 Å². The molecule has 0 spiro atoms. The topological polar surface area (TPSA) is 66.4 Å². The number of carboxylic acid groups (broad SMARTS) is 1. The fourth-order valence-corrected chi connectivity index (χ4v) is 2.01. The molecule has 104 valence electrons. The maximum absolute atomic E-state index is 13.4. The van der Waals surface area contributed by atoms with Crippen LogP contribution in [0.3, 0.4) is 0 Å². The van der Waals surface area contributed by atoms with Crippen LogP contribution in [-0.4, -0.2) is 23.0 Å². The molecule has 4 nitrogen and oxygen atoms in total. The van der Waals surface area contributed by atoms with E-state index in [1.165, 1.54) is 13.0 Å². The first kappa shape index (κ1) is 15.6. The van der Waals surface area contributed by atoms with Gasteiger partial charge < -0.3 is 10.4 Å². The highest BCUT2D eigenvalue weighted by molar-refractivity contribution is 9.10. The number of aliphatic carboxylic acids is 1. The number of nitrogens with one attached hydrogen (secondary N) is 1. The van der Waals surface area contributed by atoms with Crippen LogP contribution in [0.1, 0.15) is 25.3 Å². The van der Waals surface area contributed by atoms with E-state index in [0.717, 1.165) is 0 Å². The lowest BCUT2D eigenvalue weighted by atomic mass is 10.0. The Kier molecular flexibility index (Phi) is 5.95. The van der Waals surface area contributed by atoms with E-state index in [4.69, 9.17) is 5.11 Å². The fourth-order valence-electron chi connectivity index (χ4n) is 1.76. The third kappa shape index (κ3) is 5.83. The third-order valence-corrected chi connectivity index (χ3v) is 3.22. The van der Waals surface area contributed by atoms with Gasteiger partial charge in [-0.25, -0.2) is 4.39 Å². The van der Waals surface area contributed by atoms with E-state index in [-0.39, 0.29) is 24.2 Å². The minimum atomic E-state index is -0.919. The number of benzene rings is 1. The second-order valence-corrected chi connectivity index (χ2v) is 5.14. The standard InChI is InChI=1S/C13H15BrFNO3/c1-8(17)16-10(3-5-13(18)19)6-9-2-4-11(14)12(15)7-9/h2,4,7,10H,3,5-6H2,1H3,(H,16,17)(H,18,19). The van der Waals surface area contributed by atoms with Crippen molar-refractivity contribution >= 4 is 27.8 Å². The Balaban J connectivity index is 2.71. The van der Waals surface area contributed by atoms with Crippen LogP contribution in [0, 0.1) is 5.82 Å². The van der Waals surface area contributed by atoms with Crippen LogP contribution in [-0.2, 0) is 16.0 Å². The second kappa shape index (κ2) is 7.23. The summed E-state index contributed by atoms with van der Waals surface area (Å²) in [7, 11) is 0. The molecule has 1 rings (SSSR count). The van der Waals surface area contributed by atoms with Gasteiger partial charge in [0, 0.05) is 19.4 Å². The largest absolute Gasteiger partial charge is 0.481 e. The highest BCUT2D eigenvalue weighted by Crippen LogP contribution is 2.18. The van der Waals surface area contributed by atoms with Crippen molar-refractivity contribution in [1.29, 1.82) is 0 Å². The first-order valence-corrected chi connectivity index (χ1v) is 6.60. The lowest BCUT2D eigenvalue weighted by molar-refractivity contribution is -0.137. The first-order valence-electron chi connectivity index (χ1n) is 5.81. The fraction of sp³-hybridized carbons (Fsp3) is 0.385. The predicted molar refractivity (Wildman–Crippen MR) is 72.3 cm³/mol. The summed E-state index contributed by atoms with van der Waals surface area (Å²) in [6.45, 7) is 1.37. The van der Waals surface area contributed by atoms with Crippen molar-refractivity contribution in [3.8, 4) is 0 Å². The minimum absolute atomic E-state index is 0.0377. The van der Waals surface area contributed by atoms with Crippen molar-refractivity contribution in [3.63, 3.8) is 0 Å². The number of carbonyl (C=O) groups excluding carboxylic acids is 1. The van der Waals surface area contributed by atoms with Crippen LogP contribution < -0.4 is 5.32 Å². The van der Waals surface area contributed by atoms with E-state index in [1.807, 2.05) is 0 Å². The molecule has 1 aromatic rings. The second-order valence-electron chi connectivity index (χ2n) is 4.28. The van der Waals surface area contributed by atoms with Gasteiger partial charge in [-0.3, -0.25) is 9.59 Å². The monoisotopic (exact) mass is 331 g/mol. The molecule has 0 aliphatic carbocycles. The zero-order valence-corrected chi connectivity index (χ0v) is 12.0. The Morgan fingerprint density at radius 1 is 1.47 bits per heavy atom. The average Bonchev–Trinajstić information content (AvgIpc) is 2.30. The first-order chi connectivity index (χ1) is 8.88. The number of carbonyl (C=O) groups is 2. The Morgan fingerprint density at radius 2 is 2.16 bits per heavy atom. The Hall–Kier alpha value is -1.43. The maximum Gasteiger partial charge on any atom is 0.303 e. The van der Waals surface area contributed by atoms with Crippen LogP contribution in [0.15, 0.2) is 22.7 Å². The molecule has 0 saturated carbocycles. The van der Waals surface area contributed by atoms with E-state index < -0.39 is 5.97 Å². The van der Waals surface area contributed by atoms with Crippen LogP contribution in [0.25, 0.3) is 0 Å². The number of hydrogen-bond acceptors (Lipinski definition) is 2. The molecular weight excluding hydrogens is 317 g/mol. The highest BCUT2D eigenvalue weighted by Gasteiger charge is 2.13. The third-order valence-electron chi connectivity index (χ3n) is 2.58. The number of carboxylic acids is 1. The van der Waals surface area contributed by atoms with E-state index in [1.54, 1.807) is 12.1 Å².